The summed E-state index contributed by atoms with van der Waals surface area (Å²) < 4.78 is 25.4. The Morgan fingerprint density at radius 1 is 1.43 bits per heavy atom. The maximum Gasteiger partial charge on any atom is 0.211 e. The molecule has 0 aromatic rings. The molecule has 1 saturated carbocycles. The first kappa shape index (κ1) is 11.9. The first-order chi connectivity index (χ1) is 6.29. The lowest BCUT2D eigenvalue weighted by molar-refractivity contribution is 0.497. The van der Waals surface area contributed by atoms with Crippen LogP contribution in [-0.4, -0.2) is 26.3 Å². The van der Waals surface area contributed by atoms with Gasteiger partial charge in [0.15, 0.2) is 0 Å². The van der Waals surface area contributed by atoms with Crippen LogP contribution in [-0.2, 0) is 10.0 Å². The van der Waals surface area contributed by atoms with E-state index in [1.165, 1.54) is 12.8 Å². The summed E-state index contributed by atoms with van der Waals surface area (Å²) in [4.78, 5) is 0. The van der Waals surface area contributed by atoms with Crippen molar-refractivity contribution < 1.29 is 8.42 Å². The molecule has 1 fully saturated rings. The van der Waals surface area contributed by atoms with Gasteiger partial charge in [-0.05, 0) is 26.2 Å². The number of nitrogens with two attached hydrogens (primary N) is 1. The van der Waals surface area contributed by atoms with Crippen LogP contribution in [0.4, 0.5) is 0 Å². The van der Waals surface area contributed by atoms with Gasteiger partial charge in [0.2, 0.25) is 10.0 Å². The molecule has 0 atom stereocenters. The molecular weight excluding hydrogens is 200 g/mol. The highest BCUT2D eigenvalue weighted by atomic mass is 32.2. The van der Waals surface area contributed by atoms with Crippen LogP contribution in [0.25, 0.3) is 0 Å². The Bertz CT molecular complexity index is 276. The van der Waals surface area contributed by atoms with Crippen molar-refractivity contribution in [1.29, 1.82) is 0 Å². The van der Waals surface area contributed by atoms with E-state index in [0.29, 0.717) is 12.5 Å². The second kappa shape index (κ2) is 4.16. The largest absolute Gasteiger partial charge is 0.324 e. The minimum Gasteiger partial charge on any atom is -0.324 e. The fraction of sp³-hybridized carbons (Fsp3) is 1.00. The van der Waals surface area contributed by atoms with Crippen molar-refractivity contribution in [2.75, 3.05) is 12.3 Å². The van der Waals surface area contributed by atoms with E-state index in [9.17, 15) is 8.42 Å². The standard InChI is InChI=1S/C9H20N2O2S/c1-9(2,10)7-11-14(12,13)6-5-8-3-4-8/h8,11H,3-7,10H2,1-2H3. The van der Waals surface area contributed by atoms with Gasteiger partial charge in [-0.3, -0.25) is 0 Å². The normalized spacial score (nSPS) is 18.5. The zero-order valence-corrected chi connectivity index (χ0v) is 9.73. The minimum absolute atomic E-state index is 0.244. The Labute approximate surface area is 86.3 Å². The van der Waals surface area contributed by atoms with Crippen molar-refractivity contribution in [2.45, 2.75) is 38.6 Å². The van der Waals surface area contributed by atoms with E-state index in [1.54, 1.807) is 13.8 Å². The van der Waals surface area contributed by atoms with E-state index in [-0.39, 0.29) is 5.75 Å². The van der Waals surface area contributed by atoms with Crippen LogP contribution in [0.3, 0.4) is 0 Å². The van der Waals surface area contributed by atoms with Crippen molar-refractivity contribution in [1.82, 2.24) is 4.72 Å². The highest BCUT2D eigenvalue weighted by molar-refractivity contribution is 7.89. The molecule has 4 nitrogen and oxygen atoms in total. The first-order valence-corrected chi connectivity index (χ1v) is 6.70. The maximum atomic E-state index is 11.4. The molecule has 1 aliphatic carbocycles. The summed E-state index contributed by atoms with van der Waals surface area (Å²) in [7, 11) is -3.10. The highest BCUT2D eigenvalue weighted by Gasteiger charge is 2.24. The lowest BCUT2D eigenvalue weighted by atomic mass is 10.1. The topological polar surface area (TPSA) is 72.2 Å². The smallest absolute Gasteiger partial charge is 0.211 e. The first-order valence-electron chi connectivity index (χ1n) is 5.05. The quantitative estimate of drug-likeness (QED) is 0.682. The molecular formula is C9H20N2O2S. The number of nitrogens with one attached hydrogen (secondary N) is 1. The van der Waals surface area contributed by atoms with Gasteiger partial charge >= 0.3 is 0 Å². The second-order valence-corrected chi connectivity index (χ2v) is 6.79. The van der Waals surface area contributed by atoms with Crippen LogP contribution >= 0.6 is 0 Å². The summed E-state index contributed by atoms with van der Waals surface area (Å²) in [5.41, 5.74) is 5.20. The van der Waals surface area contributed by atoms with Gasteiger partial charge in [-0.2, -0.15) is 0 Å². The third kappa shape index (κ3) is 5.57. The molecule has 84 valence electrons. The molecule has 0 unspecified atom stereocenters. The summed E-state index contributed by atoms with van der Waals surface area (Å²) in [6.07, 6.45) is 3.18. The third-order valence-electron chi connectivity index (χ3n) is 2.24. The van der Waals surface area contributed by atoms with Crippen molar-refractivity contribution in [3.05, 3.63) is 0 Å². The zero-order valence-electron chi connectivity index (χ0n) is 8.91. The van der Waals surface area contributed by atoms with Crippen molar-refractivity contribution in [3.8, 4) is 0 Å². The van der Waals surface area contributed by atoms with Gasteiger partial charge in [-0.1, -0.05) is 12.8 Å². The van der Waals surface area contributed by atoms with Crippen LogP contribution in [0.2, 0.25) is 0 Å². The Hall–Kier alpha value is -0.130. The van der Waals surface area contributed by atoms with Crippen LogP contribution < -0.4 is 10.5 Å². The number of hydrogen-bond acceptors (Lipinski definition) is 3. The van der Waals surface area contributed by atoms with E-state index in [2.05, 4.69) is 4.72 Å². The molecule has 1 aliphatic rings. The third-order valence-corrected chi connectivity index (χ3v) is 3.60. The molecule has 14 heavy (non-hydrogen) atoms. The Balaban J connectivity index is 2.25. The molecule has 5 heteroatoms. The van der Waals surface area contributed by atoms with Crippen LogP contribution in [0.5, 0.6) is 0 Å². The zero-order chi connectivity index (χ0) is 10.8. The summed E-state index contributed by atoms with van der Waals surface area (Å²) in [6, 6.07) is 0. The molecule has 1 rings (SSSR count). The Morgan fingerprint density at radius 3 is 2.43 bits per heavy atom. The number of rotatable bonds is 6. The molecule has 0 bridgehead atoms. The fourth-order valence-corrected chi connectivity index (χ4v) is 2.48. The van der Waals surface area contributed by atoms with E-state index in [4.69, 9.17) is 5.73 Å². The summed E-state index contributed by atoms with van der Waals surface area (Å²) >= 11 is 0. The van der Waals surface area contributed by atoms with Gasteiger partial charge < -0.3 is 5.73 Å². The molecule has 0 aromatic carbocycles. The van der Waals surface area contributed by atoms with Crippen LogP contribution in [0, 0.1) is 5.92 Å². The van der Waals surface area contributed by atoms with Crippen LogP contribution in [0.1, 0.15) is 33.1 Å². The molecule has 0 aliphatic heterocycles. The van der Waals surface area contributed by atoms with E-state index in [0.717, 1.165) is 6.42 Å². The molecule has 0 aromatic heterocycles. The predicted molar refractivity (Wildman–Crippen MR) is 57.4 cm³/mol. The molecule has 0 heterocycles. The molecule has 0 radical (unpaired) electrons. The van der Waals surface area contributed by atoms with E-state index < -0.39 is 15.6 Å². The van der Waals surface area contributed by atoms with Crippen molar-refractivity contribution in [3.63, 3.8) is 0 Å². The van der Waals surface area contributed by atoms with Gasteiger partial charge in [0.1, 0.15) is 0 Å². The van der Waals surface area contributed by atoms with Gasteiger partial charge in [0.25, 0.3) is 0 Å². The molecule has 0 saturated heterocycles. The predicted octanol–water partition coefficient (Wildman–Crippen LogP) is 0.443. The summed E-state index contributed by atoms with van der Waals surface area (Å²) in [5.74, 6) is 0.894. The lowest BCUT2D eigenvalue weighted by Crippen LogP contribution is -2.45. The Kier molecular flexibility index (Phi) is 3.55. The lowest BCUT2D eigenvalue weighted by Gasteiger charge is -2.18. The molecule has 3 N–H and O–H groups in total. The summed E-state index contributed by atoms with van der Waals surface area (Å²) in [6.45, 7) is 3.91. The Morgan fingerprint density at radius 2 is 2.00 bits per heavy atom. The van der Waals surface area contributed by atoms with Crippen LogP contribution in [0.15, 0.2) is 0 Å². The van der Waals surface area contributed by atoms with Gasteiger partial charge in [-0.25, -0.2) is 13.1 Å². The monoisotopic (exact) mass is 220 g/mol. The van der Waals surface area contributed by atoms with E-state index in [1.807, 2.05) is 0 Å². The fourth-order valence-electron chi connectivity index (χ4n) is 1.10. The summed E-state index contributed by atoms with van der Waals surface area (Å²) in [5, 5.41) is 0. The second-order valence-electron chi connectivity index (χ2n) is 4.86. The highest BCUT2D eigenvalue weighted by Crippen LogP contribution is 2.32. The molecule has 0 amide bonds. The SMILES string of the molecule is CC(C)(N)CNS(=O)(=O)CCC1CC1. The van der Waals surface area contributed by atoms with Crippen molar-refractivity contribution in [2.24, 2.45) is 11.7 Å². The maximum absolute atomic E-state index is 11.4. The van der Waals surface area contributed by atoms with Gasteiger partial charge in [0, 0.05) is 12.1 Å². The number of sulfonamides is 1. The van der Waals surface area contributed by atoms with Crippen molar-refractivity contribution >= 4 is 10.0 Å². The average molecular weight is 220 g/mol. The molecule has 0 spiro atoms. The minimum atomic E-state index is -3.10. The number of hydrogen-bond donors (Lipinski definition) is 2. The van der Waals surface area contributed by atoms with Gasteiger partial charge in [0.05, 0.1) is 5.75 Å². The average Bonchev–Trinajstić information content (AvgIpc) is 2.79. The van der Waals surface area contributed by atoms with E-state index >= 15 is 0 Å². The van der Waals surface area contributed by atoms with Gasteiger partial charge in [-0.15, -0.1) is 0 Å².